The number of aryl methyl sites for hydroxylation is 2. The molecule has 0 aliphatic carbocycles. The fourth-order valence-corrected chi connectivity index (χ4v) is 4.48. The van der Waals surface area contributed by atoms with Gasteiger partial charge in [-0.25, -0.2) is 19.7 Å². The maximum Gasteiger partial charge on any atom is 0.490 e. The van der Waals surface area contributed by atoms with Gasteiger partial charge in [-0.15, -0.1) is 11.3 Å². The first kappa shape index (κ1) is 23.9. The van der Waals surface area contributed by atoms with Crippen molar-refractivity contribution in [3.63, 3.8) is 0 Å². The van der Waals surface area contributed by atoms with Crippen molar-refractivity contribution in [2.75, 3.05) is 24.5 Å². The first-order valence-corrected chi connectivity index (χ1v) is 10.9. The van der Waals surface area contributed by atoms with Crippen molar-refractivity contribution in [1.82, 2.24) is 19.9 Å². The van der Waals surface area contributed by atoms with Gasteiger partial charge >= 0.3 is 12.1 Å². The maximum atomic E-state index is 12.5. The third-order valence-electron chi connectivity index (χ3n) is 5.49. The highest BCUT2D eigenvalue weighted by atomic mass is 32.1. The number of likely N-dealkylation sites (tertiary alicyclic amines) is 1. The van der Waals surface area contributed by atoms with Gasteiger partial charge < -0.3 is 14.9 Å². The van der Waals surface area contributed by atoms with E-state index < -0.39 is 12.1 Å². The molecule has 1 atom stereocenters. The van der Waals surface area contributed by atoms with Crippen LogP contribution in [0, 0.1) is 12.3 Å². The largest absolute Gasteiger partial charge is 0.490 e. The van der Waals surface area contributed by atoms with Crippen molar-refractivity contribution in [3.05, 3.63) is 34.0 Å². The van der Waals surface area contributed by atoms with Crippen molar-refractivity contribution >= 4 is 29.2 Å². The molecule has 1 N–H and O–H groups in total. The van der Waals surface area contributed by atoms with Gasteiger partial charge in [-0.05, 0) is 25.3 Å². The molecule has 174 valence electrons. The summed E-state index contributed by atoms with van der Waals surface area (Å²) in [5.74, 6) is -1.72. The Morgan fingerprint density at radius 2 is 1.94 bits per heavy atom. The van der Waals surface area contributed by atoms with E-state index in [1.165, 1.54) is 0 Å². The number of halogens is 3. The number of anilines is 1. The van der Waals surface area contributed by atoms with Gasteiger partial charge in [0.25, 0.3) is 0 Å². The van der Waals surface area contributed by atoms with Crippen molar-refractivity contribution in [2.24, 2.45) is 5.41 Å². The average molecular weight is 472 g/mol. The standard InChI is InChI=1S/C18H23N5OS.C2HF3O2/c1-3-14-7-19-17(20-8-14)22-5-4-18(11-22)6-16(24)23(12-18)9-15-10-25-13(2)21-15;3-2(4,5)1(6)7/h7-8,10H,3-6,9,11-12H2,1-2H3;(H,6,7). The summed E-state index contributed by atoms with van der Waals surface area (Å²) in [4.78, 5) is 39.1. The van der Waals surface area contributed by atoms with Crippen LogP contribution in [0.3, 0.4) is 0 Å². The van der Waals surface area contributed by atoms with Crippen LogP contribution in [-0.2, 0) is 22.6 Å². The molecule has 0 saturated carbocycles. The third-order valence-corrected chi connectivity index (χ3v) is 6.31. The van der Waals surface area contributed by atoms with E-state index in [1.807, 2.05) is 24.2 Å². The molecule has 4 rings (SSSR count). The molecule has 2 aromatic rings. The van der Waals surface area contributed by atoms with E-state index in [0.29, 0.717) is 13.0 Å². The monoisotopic (exact) mass is 471 g/mol. The molecular formula is C20H24F3N5O3S. The van der Waals surface area contributed by atoms with E-state index >= 15 is 0 Å². The molecule has 12 heteroatoms. The molecule has 1 unspecified atom stereocenters. The number of hydrogen-bond donors (Lipinski definition) is 1. The van der Waals surface area contributed by atoms with Crippen LogP contribution in [-0.4, -0.2) is 62.6 Å². The minimum absolute atomic E-state index is 0.0366. The lowest BCUT2D eigenvalue weighted by atomic mass is 9.86. The van der Waals surface area contributed by atoms with Crippen LogP contribution in [0.1, 0.15) is 36.0 Å². The molecular weight excluding hydrogens is 447 g/mol. The van der Waals surface area contributed by atoms with Crippen LogP contribution in [0.15, 0.2) is 17.8 Å². The number of rotatable bonds is 4. The quantitative estimate of drug-likeness (QED) is 0.732. The maximum absolute atomic E-state index is 12.5. The van der Waals surface area contributed by atoms with Gasteiger partial charge in [0, 0.05) is 49.2 Å². The van der Waals surface area contributed by atoms with Gasteiger partial charge in [-0.3, -0.25) is 4.79 Å². The molecule has 2 aliphatic heterocycles. The minimum Gasteiger partial charge on any atom is -0.475 e. The van der Waals surface area contributed by atoms with Gasteiger partial charge in [0.2, 0.25) is 11.9 Å². The molecule has 2 aliphatic rings. The normalized spacial score (nSPS) is 20.6. The Hall–Kier alpha value is -2.76. The van der Waals surface area contributed by atoms with Crippen molar-refractivity contribution < 1.29 is 27.9 Å². The third kappa shape index (κ3) is 5.72. The molecule has 0 radical (unpaired) electrons. The second kappa shape index (κ2) is 9.39. The number of carbonyl (C=O) groups excluding carboxylic acids is 1. The molecule has 0 bridgehead atoms. The first-order valence-electron chi connectivity index (χ1n) is 10.1. The van der Waals surface area contributed by atoms with E-state index in [0.717, 1.165) is 54.7 Å². The average Bonchev–Trinajstić information content (AvgIpc) is 3.41. The Labute approximate surface area is 187 Å². The van der Waals surface area contributed by atoms with Crippen LogP contribution in [0.5, 0.6) is 0 Å². The fraction of sp³-hybridized carbons (Fsp3) is 0.550. The zero-order valence-electron chi connectivity index (χ0n) is 17.7. The predicted octanol–water partition coefficient (Wildman–Crippen LogP) is 3.07. The lowest BCUT2D eigenvalue weighted by Gasteiger charge is -2.24. The molecule has 32 heavy (non-hydrogen) atoms. The number of carboxylic acid groups (broad SMARTS) is 1. The highest BCUT2D eigenvalue weighted by Gasteiger charge is 2.48. The summed E-state index contributed by atoms with van der Waals surface area (Å²) < 4.78 is 31.7. The predicted molar refractivity (Wildman–Crippen MR) is 111 cm³/mol. The topological polar surface area (TPSA) is 99.5 Å². The first-order chi connectivity index (χ1) is 15.0. The van der Waals surface area contributed by atoms with E-state index in [2.05, 4.69) is 32.2 Å². The fourth-order valence-electron chi connectivity index (χ4n) is 3.88. The lowest BCUT2D eigenvalue weighted by Crippen LogP contribution is -2.31. The highest BCUT2D eigenvalue weighted by molar-refractivity contribution is 7.09. The summed E-state index contributed by atoms with van der Waals surface area (Å²) in [5, 5.41) is 10.2. The molecule has 2 fully saturated rings. The summed E-state index contributed by atoms with van der Waals surface area (Å²) in [5.41, 5.74) is 2.19. The Balaban J connectivity index is 0.000000360. The summed E-state index contributed by atoms with van der Waals surface area (Å²) in [7, 11) is 0. The Morgan fingerprint density at radius 3 is 2.47 bits per heavy atom. The number of amides is 1. The Morgan fingerprint density at radius 1 is 1.28 bits per heavy atom. The Bertz CT molecular complexity index is 966. The summed E-state index contributed by atoms with van der Waals surface area (Å²) >= 11 is 1.64. The second-order valence-electron chi connectivity index (χ2n) is 8.00. The van der Waals surface area contributed by atoms with E-state index in [4.69, 9.17) is 9.90 Å². The summed E-state index contributed by atoms with van der Waals surface area (Å²) in [6.45, 7) is 7.32. The molecule has 2 aromatic heterocycles. The van der Waals surface area contributed by atoms with E-state index in [9.17, 15) is 18.0 Å². The van der Waals surface area contributed by atoms with Gasteiger partial charge in [-0.2, -0.15) is 13.2 Å². The smallest absolute Gasteiger partial charge is 0.475 e. The lowest BCUT2D eigenvalue weighted by molar-refractivity contribution is -0.192. The van der Waals surface area contributed by atoms with Crippen LogP contribution in [0.2, 0.25) is 0 Å². The number of aromatic nitrogens is 3. The second-order valence-corrected chi connectivity index (χ2v) is 9.07. The van der Waals surface area contributed by atoms with E-state index in [1.54, 1.807) is 11.3 Å². The highest BCUT2D eigenvalue weighted by Crippen LogP contribution is 2.41. The number of carbonyl (C=O) groups is 2. The number of alkyl halides is 3. The van der Waals surface area contributed by atoms with Gasteiger partial charge in [0.1, 0.15) is 0 Å². The number of hydrogen-bond acceptors (Lipinski definition) is 7. The number of aliphatic carboxylic acids is 1. The molecule has 1 amide bonds. The molecule has 2 saturated heterocycles. The number of thiazole rings is 1. The van der Waals surface area contributed by atoms with Crippen LogP contribution < -0.4 is 4.90 Å². The molecule has 1 spiro atoms. The SMILES string of the molecule is CCc1cnc(N2CCC3(CC(=O)N(Cc4csc(C)n4)C3)C2)nc1.O=C(O)C(F)(F)F. The van der Waals surface area contributed by atoms with Crippen molar-refractivity contribution in [2.45, 2.75) is 45.8 Å². The van der Waals surface area contributed by atoms with Crippen LogP contribution in [0.4, 0.5) is 19.1 Å². The van der Waals surface area contributed by atoms with Gasteiger partial charge in [0.05, 0.1) is 17.2 Å². The van der Waals surface area contributed by atoms with Gasteiger partial charge in [0.15, 0.2) is 0 Å². The van der Waals surface area contributed by atoms with Gasteiger partial charge in [-0.1, -0.05) is 6.92 Å². The van der Waals surface area contributed by atoms with Crippen molar-refractivity contribution in [1.29, 1.82) is 0 Å². The zero-order chi connectivity index (χ0) is 23.5. The summed E-state index contributed by atoms with van der Waals surface area (Å²) in [6, 6.07) is 0. The zero-order valence-corrected chi connectivity index (χ0v) is 18.5. The Kier molecular flexibility index (Phi) is 7.01. The molecule has 8 nitrogen and oxygen atoms in total. The van der Waals surface area contributed by atoms with Crippen LogP contribution >= 0.6 is 11.3 Å². The number of nitrogens with zero attached hydrogens (tertiary/aromatic N) is 5. The molecule has 0 aromatic carbocycles. The van der Waals surface area contributed by atoms with Crippen LogP contribution in [0.25, 0.3) is 0 Å². The minimum atomic E-state index is -5.08. The number of carboxylic acids is 1. The van der Waals surface area contributed by atoms with Crippen molar-refractivity contribution in [3.8, 4) is 0 Å². The van der Waals surface area contributed by atoms with E-state index in [-0.39, 0.29) is 11.3 Å². The summed E-state index contributed by atoms with van der Waals surface area (Å²) in [6.07, 6.45) is 1.32. The molecule has 4 heterocycles.